The molecule has 2 amide bonds. The van der Waals surface area contributed by atoms with Gasteiger partial charge in [0.05, 0.1) is 30.2 Å². The van der Waals surface area contributed by atoms with E-state index in [0.717, 1.165) is 38.5 Å². The molecule has 140 valence electrons. The van der Waals surface area contributed by atoms with Gasteiger partial charge in [0, 0.05) is 0 Å². The van der Waals surface area contributed by atoms with Gasteiger partial charge in [0.2, 0.25) is 11.8 Å². The van der Waals surface area contributed by atoms with Crippen LogP contribution in [-0.2, 0) is 14.3 Å². The van der Waals surface area contributed by atoms with Crippen molar-refractivity contribution in [3.63, 3.8) is 0 Å². The molecule has 1 aromatic carbocycles. The molecule has 3 fully saturated rings. The molecule has 1 aliphatic heterocycles. The number of fused-ring (bicyclic) bond motifs is 5. The molecule has 5 nitrogen and oxygen atoms in total. The summed E-state index contributed by atoms with van der Waals surface area (Å²) in [6, 6.07) is 6.59. The number of nitrogens with zero attached hydrogens (tertiary/aromatic N) is 1. The fraction of sp³-hybridized carbons (Fsp3) is 0.500. The molecule has 1 aromatic rings. The summed E-state index contributed by atoms with van der Waals surface area (Å²) in [7, 11) is 1.33. The largest absolute Gasteiger partial charge is 0.465 e. The van der Waals surface area contributed by atoms with E-state index in [1.165, 1.54) is 23.2 Å². The van der Waals surface area contributed by atoms with Crippen LogP contribution in [-0.4, -0.2) is 24.9 Å². The maximum Gasteiger partial charge on any atom is 0.337 e. The molecule has 0 spiro atoms. The monoisotopic (exact) mass is 365 g/mol. The fourth-order valence-electron chi connectivity index (χ4n) is 6.01. The van der Waals surface area contributed by atoms with Crippen LogP contribution in [0.2, 0.25) is 0 Å². The average Bonchev–Trinajstić information content (AvgIpc) is 3.39. The predicted octanol–water partition coefficient (Wildman–Crippen LogP) is 3.49. The number of methoxy groups -OCH3 is 1. The van der Waals surface area contributed by atoms with Crippen molar-refractivity contribution in [1.29, 1.82) is 0 Å². The Kier molecular flexibility index (Phi) is 3.74. The minimum Gasteiger partial charge on any atom is -0.465 e. The lowest BCUT2D eigenvalue weighted by atomic mass is 9.66. The van der Waals surface area contributed by atoms with E-state index in [2.05, 4.69) is 0 Å². The lowest BCUT2D eigenvalue weighted by molar-refractivity contribution is -0.122. The number of carbonyl (C=O) groups excluding carboxylic acids is 3. The van der Waals surface area contributed by atoms with Crippen molar-refractivity contribution in [1.82, 2.24) is 0 Å². The van der Waals surface area contributed by atoms with E-state index in [-0.39, 0.29) is 35.5 Å². The molecule has 0 aromatic heterocycles. The maximum absolute atomic E-state index is 13.3. The van der Waals surface area contributed by atoms with E-state index in [9.17, 15) is 14.4 Å². The van der Waals surface area contributed by atoms with Crippen LogP contribution in [0.1, 0.15) is 48.9 Å². The summed E-state index contributed by atoms with van der Waals surface area (Å²) < 4.78 is 4.72. The summed E-state index contributed by atoms with van der Waals surface area (Å²) in [6.45, 7) is 0. The number of amides is 2. The third-order valence-corrected chi connectivity index (χ3v) is 7.04. The average molecular weight is 365 g/mol. The van der Waals surface area contributed by atoms with Crippen molar-refractivity contribution in [3.8, 4) is 0 Å². The Morgan fingerprint density at radius 2 is 1.44 bits per heavy atom. The van der Waals surface area contributed by atoms with Crippen LogP contribution in [0, 0.1) is 23.7 Å². The van der Waals surface area contributed by atoms with Gasteiger partial charge in [0.25, 0.3) is 0 Å². The van der Waals surface area contributed by atoms with E-state index in [4.69, 9.17) is 4.74 Å². The number of ether oxygens (including phenoxy) is 1. The van der Waals surface area contributed by atoms with Crippen LogP contribution in [0.4, 0.5) is 5.69 Å². The highest BCUT2D eigenvalue weighted by Gasteiger charge is 2.59. The maximum atomic E-state index is 13.3. The summed E-state index contributed by atoms with van der Waals surface area (Å²) in [4.78, 5) is 39.7. The highest BCUT2D eigenvalue weighted by Crippen LogP contribution is 2.57. The van der Waals surface area contributed by atoms with E-state index >= 15 is 0 Å². The number of rotatable bonds is 2. The Morgan fingerprint density at radius 3 is 1.93 bits per heavy atom. The van der Waals surface area contributed by atoms with Gasteiger partial charge in [-0.1, -0.05) is 11.1 Å². The van der Waals surface area contributed by atoms with E-state index in [1.54, 1.807) is 24.3 Å². The van der Waals surface area contributed by atoms with Gasteiger partial charge in [-0.3, -0.25) is 14.5 Å². The zero-order valence-corrected chi connectivity index (χ0v) is 15.4. The second-order valence-electron chi connectivity index (χ2n) is 8.15. The van der Waals surface area contributed by atoms with Crippen molar-refractivity contribution in [2.45, 2.75) is 38.5 Å². The molecule has 2 saturated carbocycles. The number of imide groups is 1. The van der Waals surface area contributed by atoms with Gasteiger partial charge in [0.15, 0.2) is 0 Å². The topological polar surface area (TPSA) is 63.7 Å². The molecular formula is C22H23NO4. The van der Waals surface area contributed by atoms with Gasteiger partial charge in [0.1, 0.15) is 0 Å². The number of anilines is 1. The molecular weight excluding hydrogens is 342 g/mol. The third-order valence-electron chi connectivity index (χ3n) is 7.04. The highest BCUT2D eigenvalue weighted by molar-refractivity contribution is 6.22. The van der Waals surface area contributed by atoms with Gasteiger partial charge >= 0.3 is 5.97 Å². The van der Waals surface area contributed by atoms with Gasteiger partial charge < -0.3 is 4.74 Å². The van der Waals surface area contributed by atoms with Crippen LogP contribution in [0.3, 0.4) is 0 Å². The summed E-state index contributed by atoms with van der Waals surface area (Å²) in [6.07, 6.45) is 6.54. The fourth-order valence-corrected chi connectivity index (χ4v) is 6.01. The lowest BCUT2D eigenvalue weighted by Gasteiger charge is -2.34. The Labute approximate surface area is 158 Å². The minimum absolute atomic E-state index is 0.0498. The molecule has 1 heterocycles. The second kappa shape index (κ2) is 6.04. The highest BCUT2D eigenvalue weighted by atomic mass is 16.5. The van der Waals surface area contributed by atoms with Crippen LogP contribution < -0.4 is 4.90 Å². The zero-order valence-electron chi connectivity index (χ0n) is 15.4. The van der Waals surface area contributed by atoms with Crippen LogP contribution in [0.25, 0.3) is 0 Å². The van der Waals surface area contributed by atoms with Crippen molar-refractivity contribution in [3.05, 3.63) is 41.0 Å². The zero-order chi connectivity index (χ0) is 18.7. The van der Waals surface area contributed by atoms with Crippen molar-refractivity contribution in [2.24, 2.45) is 23.7 Å². The summed E-state index contributed by atoms with van der Waals surface area (Å²) in [5.41, 5.74) is 3.98. The Hall–Kier alpha value is -2.43. The Bertz CT molecular complexity index is 827. The second-order valence-corrected chi connectivity index (χ2v) is 8.15. The molecule has 0 N–H and O–H groups in total. The predicted molar refractivity (Wildman–Crippen MR) is 99.0 cm³/mol. The first-order valence-electron chi connectivity index (χ1n) is 9.90. The molecule has 4 unspecified atom stereocenters. The van der Waals surface area contributed by atoms with Crippen molar-refractivity contribution < 1.29 is 19.1 Å². The summed E-state index contributed by atoms with van der Waals surface area (Å²) >= 11 is 0. The number of esters is 1. The standard InChI is InChI=1S/C22H23NO4/c1-27-22(26)12-8-10-13(11-9-12)23-20(24)18-16-6-2-4-14(16)15-5-3-7-17(15)19(18)21(23)25/h8-11,16-19H,2-7H2,1H3. The molecule has 27 heavy (non-hydrogen) atoms. The van der Waals surface area contributed by atoms with Gasteiger partial charge in [-0.25, -0.2) is 4.79 Å². The first-order chi connectivity index (χ1) is 13.1. The molecule has 5 heteroatoms. The minimum atomic E-state index is -0.426. The SMILES string of the molecule is COC(=O)c1ccc(N2C(=O)C3C4CCCC4=C4CCCC4C3C2=O)cc1. The quantitative estimate of drug-likeness (QED) is 0.457. The van der Waals surface area contributed by atoms with E-state index in [0.29, 0.717) is 11.3 Å². The number of hydrogen-bond acceptors (Lipinski definition) is 4. The third kappa shape index (κ3) is 2.27. The van der Waals surface area contributed by atoms with Crippen molar-refractivity contribution in [2.75, 3.05) is 12.0 Å². The van der Waals surface area contributed by atoms with Crippen LogP contribution in [0.15, 0.2) is 35.4 Å². The smallest absolute Gasteiger partial charge is 0.337 e. The molecule has 0 radical (unpaired) electrons. The lowest BCUT2D eigenvalue weighted by Crippen LogP contribution is -2.35. The number of allylic oxidation sites excluding steroid dienone is 2. The van der Waals surface area contributed by atoms with E-state index < -0.39 is 5.97 Å². The first kappa shape index (κ1) is 16.7. The number of carbonyl (C=O) groups is 3. The van der Waals surface area contributed by atoms with Crippen LogP contribution in [0.5, 0.6) is 0 Å². The van der Waals surface area contributed by atoms with Crippen molar-refractivity contribution >= 4 is 23.5 Å². The van der Waals surface area contributed by atoms with E-state index in [1.807, 2.05) is 0 Å². The Morgan fingerprint density at radius 1 is 0.926 bits per heavy atom. The normalized spacial score (nSPS) is 31.8. The van der Waals surface area contributed by atoms with Crippen LogP contribution >= 0.6 is 0 Å². The molecule has 4 aliphatic rings. The summed E-state index contributed by atoms with van der Waals surface area (Å²) in [5.74, 6) is -0.392. The molecule has 1 saturated heterocycles. The Balaban J connectivity index is 1.52. The number of benzene rings is 1. The molecule has 4 atom stereocenters. The number of hydrogen-bond donors (Lipinski definition) is 0. The van der Waals surface area contributed by atoms with Gasteiger partial charge in [-0.05, 0) is 74.6 Å². The van der Waals surface area contributed by atoms with Gasteiger partial charge in [-0.2, -0.15) is 0 Å². The molecule has 5 rings (SSSR count). The van der Waals surface area contributed by atoms with Gasteiger partial charge in [-0.15, -0.1) is 0 Å². The molecule has 3 aliphatic carbocycles. The molecule has 0 bridgehead atoms. The first-order valence-corrected chi connectivity index (χ1v) is 9.90. The summed E-state index contributed by atoms with van der Waals surface area (Å²) in [5, 5.41) is 0.